The maximum absolute atomic E-state index is 13.5. The fourth-order valence-corrected chi connectivity index (χ4v) is 1.60. The number of aromatic nitrogens is 1. The van der Waals surface area contributed by atoms with Crippen molar-refractivity contribution >= 4 is 0 Å². The van der Waals surface area contributed by atoms with Crippen LogP contribution < -0.4 is 0 Å². The van der Waals surface area contributed by atoms with E-state index in [9.17, 15) is 17.6 Å². The number of halogens is 4. The van der Waals surface area contributed by atoms with Gasteiger partial charge in [-0.05, 0) is 30.7 Å². The Labute approximate surface area is 101 Å². The molecule has 0 unspecified atom stereocenters. The summed E-state index contributed by atoms with van der Waals surface area (Å²) in [7, 11) is 0. The van der Waals surface area contributed by atoms with Crippen molar-refractivity contribution < 1.29 is 17.6 Å². The second kappa shape index (κ2) is 4.40. The van der Waals surface area contributed by atoms with Gasteiger partial charge >= 0.3 is 6.18 Å². The molecule has 1 heterocycles. The Hall–Kier alpha value is -1.91. The predicted molar refractivity (Wildman–Crippen MR) is 59.4 cm³/mol. The monoisotopic (exact) mass is 255 g/mol. The highest BCUT2D eigenvalue weighted by Crippen LogP contribution is 2.31. The molecule has 0 amide bonds. The van der Waals surface area contributed by atoms with Gasteiger partial charge in [0, 0.05) is 11.3 Å². The number of hydrogen-bond donors (Lipinski definition) is 0. The second-order valence-electron chi connectivity index (χ2n) is 3.88. The van der Waals surface area contributed by atoms with E-state index < -0.39 is 17.6 Å². The first kappa shape index (κ1) is 12.5. The van der Waals surface area contributed by atoms with Crippen molar-refractivity contribution in [3.05, 3.63) is 53.6 Å². The van der Waals surface area contributed by atoms with Crippen LogP contribution in [0.3, 0.4) is 0 Å². The van der Waals surface area contributed by atoms with Crippen molar-refractivity contribution in [3.63, 3.8) is 0 Å². The number of nitrogens with zero attached hydrogens (tertiary/aromatic N) is 1. The summed E-state index contributed by atoms with van der Waals surface area (Å²) >= 11 is 0. The summed E-state index contributed by atoms with van der Waals surface area (Å²) in [6.45, 7) is 1.69. The number of aryl methyl sites for hydroxylation is 1. The van der Waals surface area contributed by atoms with Crippen LogP contribution in [-0.4, -0.2) is 4.98 Å². The van der Waals surface area contributed by atoms with E-state index in [1.165, 1.54) is 18.2 Å². The Morgan fingerprint density at radius 3 is 2.22 bits per heavy atom. The minimum atomic E-state index is -4.38. The van der Waals surface area contributed by atoms with Gasteiger partial charge in [-0.25, -0.2) is 4.39 Å². The first-order valence-electron chi connectivity index (χ1n) is 5.18. The Balaban J connectivity index is 2.43. The van der Waals surface area contributed by atoms with Gasteiger partial charge in [0.1, 0.15) is 5.82 Å². The van der Waals surface area contributed by atoms with Crippen LogP contribution in [0.1, 0.15) is 11.3 Å². The Morgan fingerprint density at radius 2 is 1.67 bits per heavy atom. The van der Waals surface area contributed by atoms with E-state index in [2.05, 4.69) is 4.98 Å². The first-order chi connectivity index (χ1) is 8.38. The lowest BCUT2D eigenvalue weighted by atomic mass is 10.0. The van der Waals surface area contributed by atoms with Crippen molar-refractivity contribution in [2.24, 2.45) is 0 Å². The molecule has 0 aliphatic carbocycles. The molecule has 0 radical (unpaired) electrons. The highest BCUT2D eigenvalue weighted by atomic mass is 19.4. The third kappa shape index (κ3) is 2.50. The molecule has 0 N–H and O–H groups in total. The summed E-state index contributed by atoms with van der Waals surface area (Å²) in [5.41, 5.74) is 0.492. The maximum Gasteiger partial charge on any atom is 0.416 e. The topological polar surface area (TPSA) is 12.9 Å². The molecule has 94 valence electrons. The van der Waals surface area contributed by atoms with Gasteiger partial charge in [-0.15, -0.1) is 0 Å². The van der Waals surface area contributed by atoms with E-state index in [1.807, 2.05) is 0 Å². The van der Waals surface area contributed by atoms with Crippen LogP contribution in [0.25, 0.3) is 11.1 Å². The van der Waals surface area contributed by atoms with E-state index in [-0.39, 0.29) is 5.56 Å². The summed E-state index contributed by atoms with van der Waals surface area (Å²) in [6.07, 6.45) is -3.33. The first-order valence-corrected chi connectivity index (χ1v) is 5.18. The number of rotatable bonds is 1. The molecule has 0 fully saturated rings. The molecule has 0 aliphatic rings. The molecule has 0 aliphatic heterocycles. The summed E-state index contributed by atoms with van der Waals surface area (Å²) in [5.74, 6) is -0.555. The Kier molecular flexibility index (Phi) is 3.07. The maximum atomic E-state index is 13.5. The van der Waals surface area contributed by atoms with Gasteiger partial charge in [0.25, 0.3) is 0 Å². The lowest BCUT2D eigenvalue weighted by Gasteiger charge is -2.08. The van der Waals surface area contributed by atoms with Crippen molar-refractivity contribution in [1.29, 1.82) is 0 Å². The largest absolute Gasteiger partial charge is 0.416 e. The molecule has 2 aromatic rings. The van der Waals surface area contributed by atoms with Crippen LogP contribution >= 0.6 is 0 Å². The van der Waals surface area contributed by atoms with Crippen LogP contribution in [-0.2, 0) is 6.18 Å². The van der Waals surface area contributed by atoms with E-state index >= 15 is 0 Å². The van der Waals surface area contributed by atoms with E-state index in [4.69, 9.17) is 0 Å². The smallest absolute Gasteiger partial charge is 0.259 e. The molecule has 1 aromatic heterocycles. The van der Waals surface area contributed by atoms with Gasteiger partial charge in [0.2, 0.25) is 0 Å². The number of pyridine rings is 1. The van der Waals surface area contributed by atoms with Crippen molar-refractivity contribution in [3.8, 4) is 11.1 Å². The molecule has 0 bridgehead atoms. The summed E-state index contributed by atoms with van der Waals surface area (Å²) in [4.78, 5) is 3.77. The van der Waals surface area contributed by atoms with Crippen LogP contribution in [0.2, 0.25) is 0 Å². The highest BCUT2D eigenvalue weighted by Gasteiger charge is 2.30. The summed E-state index contributed by atoms with van der Waals surface area (Å²) in [5, 5.41) is 0. The molecule has 18 heavy (non-hydrogen) atoms. The highest BCUT2D eigenvalue weighted by molar-refractivity contribution is 5.64. The molecule has 1 aromatic carbocycles. The molecule has 0 saturated carbocycles. The number of hydrogen-bond acceptors (Lipinski definition) is 1. The van der Waals surface area contributed by atoms with Gasteiger partial charge < -0.3 is 0 Å². The summed E-state index contributed by atoms with van der Waals surface area (Å²) < 4.78 is 50.6. The van der Waals surface area contributed by atoms with E-state index in [1.54, 1.807) is 6.92 Å². The fourth-order valence-electron chi connectivity index (χ4n) is 1.60. The minimum absolute atomic E-state index is 0.247. The average molecular weight is 255 g/mol. The molecule has 0 spiro atoms. The quantitative estimate of drug-likeness (QED) is 0.695. The third-order valence-corrected chi connectivity index (χ3v) is 2.52. The molecular formula is C13H9F4N. The van der Waals surface area contributed by atoms with Crippen LogP contribution in [0.4, 0.5) is 17.6 Å². The van der Waals surface area contributed by atoms with Crippen molar-refractivity contribution in [2.45, 2.75) is 13.1 Å². The third-order valence-electron chi connectivity index (χ3n) is 2.52. The van der Waals surface area contributed by atoms with Crippen LogP contribution in [0.5, 0.6) is 0 Å². The normalized spacial score (nSPS) is 11.6. The average Bonchev–Trinajstić information content (AvgIpc) is 2.31. The number of benzene rings is 1. The zero-order chi connectivity index (χ0) is 13.3. The minimum Gasteiger partial charge on any atom is -0.259 e. The van der Waals surface area contributed by atoms with Gasteiger partial charge in [-0.3, -0.25) is 4.98 Å². The van der Waals surface area contributed by atoms with Gasteiger partial charge in [-0.2, -0.15) is 13.2 Å². The Bertz CT molecular complexity index is 558. The van der Waals surface area contributed by atoms with E-state index in [0.29, 0.717) is 11.3 Å². The van der Waals surface area contributed by atoms with Gasteiger partial charge in [0.15, 0.2) is 0 Å². The zero-order valence-electron chi connectivity index (χ0n) is 9.42. The molecule has 5 heteroatoms. The van der Waals surface area contributed by atoms with E-state index in [0.717, 1.165) is 18.3 Å². The number of alkyl halides is 3. The predicted octanol–water partition coefficient (Wildman–Crippen LogP) is 4.21. The van der Waals surface area contributed by atoms with Crippen LogP contribution in [0, 0.1) is 12.7 Å². The zero-order valence-corrected chi connectivity index (χ0v) is 9.42. The Morgan fingerprint density at radius 1 is 1.06 bits per heavy atom. The molecular weight excluding hydrogens is 246 g/mol. The molecule has 1 nitrogen and oxygen atoms in total. The molecule has 2 rings (SSSR count). The molecule has 0 atom stereocenters. The second-order valence-corrected chi connectivity index (χ2v) is 3.88. The SMILES string of the molecule is Cc1cc(-c2ccc(C(F)(F)F)cc2)c(F)cn1. The summed E-state index contributed by atoms with van der Waals surface area (Å²) in [6, 6.07) is 5.87. The fraction of sp³-hybridized carbons (Fsp3) is 0.154. The van der Waals surface area contributed by atoms with Crippen molar-refractivity contribution in [2.75, 3.05) is 0 Å². The standard InChI is InChI=1S/C13H9F4N/c1-8-6-11(12(14)7-18-8)9-2-4-10(5-3-9)13(15,16)17/h2-7H,1H3. The van der Waals surface area contributed by atoms with Crippen molar-refractivity contribution in [1.82, 2.24) is 4.98 Å². The van der Waals surface area contributed by atoms with Crippen LogP contribution in [0.15, 0.2) is 36.5 Å². The molecule has 0 saturated heterocycles. The van der Waals surface area contributed by atoms with Gasteiger partial charge in [-0.1, -0.05) is 12.1 Å². The van der Waals surface area contributed by atoms with Gasteiger partial charge in [0.05, 0.1) is 11.8 Å². The lowest BCUT2D eigenvalue weighted by molar-refractivity contribution is -0.137. The lowest BCUT2D eigenvalue weighted by Crippen LogP contribution is -2.04.